The minimum atomic E-state index is -0.0637. The molecular weight excluding hydrogens is 568 g/mol. The summed E-state index contributed by atoms with van der Waals surface area (Å²) >= 11 is 0. The smallest absolute Gasteiger partial charge is 0.197 e. The standard InChI is InChI=1S/C40H26N4O2/c1-43-35-21-32-36(44(2)38-28(12-4-14-30(38)40(32)46)24-10-6-18-34-26(24)16-8-20-42-34)22-31(35)39(45)29-13-3-11-27(37(29)43)23-9-5-17-33-25(23)15-7-19-41-33/h3-22H,1-2H3. The molecule has 0 unspecified atom stereocenters. The molecule has 6 heteroatoms. The summed E-state index contributed by atoms with van der Waals surface area (Å²) in [6.07, 6.45) is 3.58. The minimum absolute atomic E-state index is 0.0637. The van der Waals surface area contributed by atoms with Gasteiger partial charge in [0.25, 0.3) is 0 Å². The molecule has 6 nitrogen and oxygen atoms in total. The fourth-order valence-electron chi connectivity index (χ4n) is 7.31. The van der Waals surface area contributed by atoms with Crippen molar-refractivity contribution in [2.45, 2.75) is 0 Å². The van der Waals surface area contributed by atoms with Crippen LogP contribution in [0, 0.1) is 0 Å². The van der Waals surface area contributed by atoms with Crippen LogP contribution in [-0.4, -0.2) is 19.1 Å². The third-order valence-electron chi connectivity index (χ3n) is 9.43. The zero-order valence-corrected chi connectivity index (χ0v) is 25.2. The van der Waals surface area contributed by atoms with Crippen LogP contribution in [0.25, 0.3) is 87.7 Å². The van der Waals surface area contributed by atoms with Gasteiger partial charge >= 0.3 is 0 Å². The summed E-state index contributed by atoms with van der Waals surface area (Å²) in [5, 5.41) is 4.43. The predicted octanol–water partition coefficient (Wildman–Crippen LogP) is 8.13. The molecule has 5 aromatic carbocycles. The molecule has 0 atom stereocenters. The fourth-order valence-corrected chi connectivity index (χ4v) is 7.31. The monoisotopic (exact) mass is 594 g/mol. The van der Waals surface area contributed by atoms with E-state index in [1.807, 2.05) is 99.0 Å². The van der Waals surface area contributed by atoms with Gasteiger partial charge in [-0.2, -0.15) is 0 Å². The molecule has 9 rings (SSSR count). The normalized spacial score (nSPS) is 11.9. The Hall–Kier alpha value is -6.14. The molecule has 0 N–H and O–H groups in total. The van der Waals surface area contributed by atoms with E-state index in [0.29, 0.717) is 32.6 Å². The Morgan fingerprint density at radius 3 is 1.28 bits per heavy atom. The maximum Gasteiger partial charge on any atom is 0.197 e. The second-order valence-electron chi connectivity index (χ2n) is 11.8. The zero-order valence-electron chi connectivity index (χ0n) is 25.2. The van der Waals surface area contributed by atoms with Crippen molar-refractivity contribution in [2.24, 2.45) is 14.1 Å². The van der Waals surface area contributed by atoms with E-state index in [1.165, 1.54) is 0 Å². The van der Waals surface area contributed by atoms with Gasteiger partial charge in [0.05, 0.1) is 33.1 Å². The molecule has 0 saturated heterocycles. The summed E-state index contributed by atoms with van der Waals surface area (Å²) in [7, 11) is 3.95. The number of hydrogen-bond acceptors (Lipinski definition) is 4. The first-order chi connectivity index (χ1) is 22.5. The average molecular weight is 595 g/mol. The van der Waals surface area contributed by atoms with Gasteiger partial charge < -0.3 is 9.13 Å². The highest BCUT2D eigenvalue weighted by atomic mass is 16.1. The molecule has 4 heterocycles. The SMILES string of the molecule is Cn1c2cc3c(=O)c4cccc(-c5cccc6ncccc56)c4n(C)c3cc2c(=O)c2cccc(-c3cccc4ncccc34)c21. The molecule has 0 spiro atoms. The zero-order chi connectivity index (χ0) is 31.1. The molecule has 0 amide bonds. The van der Waals surface area contributed by atoms with E-state index in [2.05, 4.69) is 43.4 Å². The van der Waals surface area contributed by atoms with Gasteiger partial charge in [0.2, 0.25) is 0 Å². The topological polar surface area (TPSA) is 69.8 Å². The van der Waals surface area contributed by atoms with Gasteiger partial charge in [-0.3, -0.25) is 19.6 Å². The fraction of sp³-hybridized carbons (Fsp3) is 0.0500. The second kappa shape index (κ2) is 9.68. The molecule has 218 valence electrons. The molecule has 0 aliphatic carbocycles. The number of rotatable bonds is 2. The summed E-state index contributed by atoms with van der Waals surface area (Å²) in [4.78, 5) is 37.7. The van der Waals surface area contributed by atoms with E-state index in [0.717, 1.165) is 55.1 Å². The van der Waals surface area contributed by atoms with Gasteiger partial charge in [-0.1, -0.05) is 60.7 Å². The van der Waals surface area contributed by atoms with Crippen molar-refractivity contribution in [1.29, 1.82) is 0 Å². The Labute approximate surface area is 262 Å². The van der Waals surface area contributed by atoms with Crippen molar-refractivity contribution in [1.82, 2.24) is 19.1 Å². The van der Waals surface area contributed by atoms with Gasteiger partial charge in [0.15, 0.2) is 10.9 Å². The predicted molar refractivity (Wildman–Crippen MR) is 188 cm³/mol. The lowest BCUT2D eigenvalue weighted by atomic mass is 9.95. The van der Waals surface area contributed by atoms with Gasteiger partial charge in [0, 0.05) is 69.9 Å². The summed E-state index contributed by atoms with van der Waals surface area (Å²) < 4.78 is 4.11. The Balaban J connectivity index is 1.39. The summed E-state index contributed by atoms with van der Waals surface area (Å²) in [6, 6.07) is 35.6. The third-order valence-corrected chi connectivity index (χ3v) is 9.43. The van der Waals surface area contributed by atoms with E-state index in [1.54, 1.807) is 12.4 Å². The van der Waals surface area contributed by atoms with Gasteiger partial charge in [-0.05, 0) is 59.7 Å². The van der Waals surface area contributed by atoms with Crippen LogP contribution in [-0.2, 0) is 14.1 Å². The molecule has 0 aliphatic heterocycles. The lowest BCUT2D eigenvalue weighted by molar-refractivity contribution is 0.995. The highest BCUT2D eigenvalue weighted by Gasteiger charge is 2.19. The van der Waals surface area contributed by atoms with Crippen molar-refractivity contribution < 1.29 is 0 Å². The van der Waals surface area contributed by atoms with Crippen LogP contribution in [0.15, 0.2) is 131 Å². The molecule has 4 aromatic heterocycles. The molecule has 0 radical (unpaired) electrons. The molecule has 9 aromatic rings. The maximum absolute atomic E-state index is 14.3. The number of aromatic nitrogens is 4. The lowest BCUT2D eigenvalue weighted by Crippen LogP contribution is -2.14. The molecular formula is C40H26N4O2. The highest BCUT2D eigenvalue weighted by Crippen LogP contribution is 2.36. The molecule has 0 bridgehead atoms. The van der Waals surface area contributed by atoms with Crippen molar-refractivity contribution in [3.05, 3.63) is 142 Å². The first-order valence-corrected chi connectivity index (χ1v) is 15.2. The summed E-state index contributed by atoms with van der Waals surface area (Å²) in [5.74, 6) is 0. The van der Waals surface area contributed by atoms with Crippen LogP contribution in [0.3, 0.4) is 0 Å². The lowest BCUT2D eigenvalue weighted by Gasteiger charge is -2.18. The number of nitrogens with zero attached hydrogens (tertiary/aromatic N) is 4. The van der Waals surface area contributed by atoms with Crippen molar-refractivity contribution >= 4 is 65.4 Å². The van der Waals surface area contributed by atoms with Crippen LogP contribution in [0.5, 0.6) is 0 Å². The van der Waals surface area contributed by atoms with Gasteiger partial charge in [-0.25, -0.2) is 0 Å². The molecule has 0 fully saturated rings. The number of para-hydroxylation sites is 2. The van der Waals surface area contributed by atoms with Crippen LogP contribution >= 0.6 is 0 Å². The Kier molecular flexibility index (Phi) is 5.53. The first-order valence-electron chi connectivity index (χ1n) is 15.2. The largest absolute Gasteiger partial charge is 0.343 e. The van der Waals surface area contributed by atoms with Gasteiger partial charge in [-0.15, -0.1) is 0 Å². The van der Waals surface area contributed by atoms with E-state index < -0.39 is 0 Å². The Morgan fingerprint density at radius 1 is 0.435 bits per heavy atom. The molecule has 46 heavy (non-hydrogen) atoms. The number of fused-ring (bicyclic) bond motifs is 6. The van der Waals surface area contributed by atoms with E-state index in [9.17, 15) is 9.59 Å². The summed E-state index contributed by atoms with van der Waals surface area (Å²) in [6.45, 7) is 0. The van der Waals surface area contributed by atoms with Crippen LogP contribution in [0.2, 0.25) is 0 Å². The quantitative estimate of drug-likeness (QED) is 0.190. The molecule has 0 saturated carbocycles. The maximum atomic E-state index is 14.3. The first kappa shape index (κ1) is 26.3. The van der Waals surface area contributed by atoms with E-state index in [4.69, 9.17) is 0 Å². The van der Waals surface area contributed by atoms with Crippen LogP contribution in [0.1, 0.15) is 0 Å². The number of pyridine rings is 4. The summed E-state index contributed by atoms with van der Waals surface area (Å²) in [5.41, 5.74) is 8.61. The minimum Gasteiger partial charge on any atom is -0.343 e. The van der Waals surface area contributed by atoms with E-state index >= 15 is 0 Å². The van der Waals surface area contributed by atoms with Crippen molar-refractivity contribution in [2.75, 3.05) is 0 Å². The Morgan fingerprint density at radius 2 is 0.826 bits per heavy atom. The second-order valence-corrected chi connectivity index (χ2v) is 11.8. The average Bonchev–Trinajstić information content (AvgIpc) is 3.11. The third kappa shape index (κ3) is 3.58. The van der Waals surface area contributed by atoms with Gasteiger partial charge in [0.1, 0.15) is 0 Å². The van der Waals surface area contributed by atoms with Crippen molar-refractivity contribution in [3.8, 4) is 22.3 Å². The Bertz CT molecular complexity index is 2670. The number of aryl methyl sites for hydroxylation is 2. The van der Waals surface area contributed by atoms with Crippen LogP contribution in [0.4, 0.5) is 0 Å². The van der Waals surface area contributed by atoms with Crippen molar-refractivity contribution in [3.63, 3.8) is 0 Å². The highest BCUT2D eigenvalue weighted by molar-refractivity contribution is 6.10. The van der Waals surface area contributed by atoms with Crippen LogP contribution < -0.4 is 10.9 Å². The van der Waals surface area contributed by atoms with E-state index in [-0.39, 0.29) is 10.9 Å². The number of hydrogen-bond donors (Lipinski definition) is 0. The molecule has 0 aliphatic rings. The number of benzene rings is 5.